The molecule has 0 spiro atoms. The Balaban J connectivity index is 2.57. The highest BCUT2D eigenvalue weighted by atomic mass is 35.5. The third-order valence-corrected chi connectivity index (χ3v) is 2.68. The molecule has 84 valence electrons. The maximum Gasteiger partial charge on any atom is 0.242 e. The molecule has 1 unspecified atom stereocenters. The summed E-state index contributed by atoms with van der Waals surface area (Å²) in [4.78, 5) is 11.2. The van der Waals surface area contributed by atoms with E-state index in [4.69, 9.17) is 17.3 Å². The summed E-state index contributed by atoms with van der Waals surface area (Å²) in [7, 11) is 0. The third kappa shape index (κ3) is 1.74. The minimum absolute atomic E-state index is 0.413. The maximum absolute atomic E-state index is 11.2. The van der Waals surface area contributed by atoms with E-state index >= 15 is 0 Å². The zero-order chi connectivity index (χ0) is 11.7. The number of carbonyl (C=O) groups is 1. The molecule has 2 N–H and O–H groups in total. The Kier molecular flexibility index (Phi) is 2.78. The lowest BCUT2D eigenvalue weighted by atomic mass is 10.2. The molecule has 0 aliphatic rings. The molecule has 5 nitrogen and oxygen atoms in total. The molecule has 0 saturated heterocycles. The second kappa shape index (κ2) is 4.09. The first-order valence-electron chi connectivity index (χ1n) is 4.93. The van der Waals surface area contributed by atoms with Gasteiger partial charge < -0.3 is 5.73 Å². The summed E-state index contributed by atoms with van der Waals surface area (Å²) in [5, 5.41) is 8.48. The molecule has 0 saturated carbocycles. The molecule has 16 heavy (non-hydrogen) atoms. The van der Waals surface area contributed by atoms with Crippen molar-refractivity contribution in [3.05, 3.63) is 23.2 Å². The Morgan fingerprint density at radius 1 is 1.62 bits per heavy atom. The lowest BCUT2D eigenvalue weighted by molar-refractivity contribution is -0.121. The Morgan fingerprint density at radius 3 is 3.00 bits per heavy atom. The fourth-order valence-electron chi connectivity index (χ4n) is 1.64. The zero-order valence-corrected chi connectivity index (χ0v) is 9.48. The Bertz CT molecular complexity index is 537. The number of rotatable bonds is 3. The average Bonchev–Trinajstić information content (AvgIpc) is 2.62. The molecule has 0 fully saturated rings. The molecule has 0 bridgehead atoms. The number of benzene rings is 1. The van der Waals surface area contributed by atoms with Gasteiger partial charge in [-0.2, -0.15) is 0 Å². The molecular weight excluding hydrogens is 228 g/mol. The molecular formula is C10H11ClN4O. The van der Waals surface area contributed by atoms with Gasteiger partial charge in [0.2, 0.25) is 5.91 Å². The summed E-state index contributed by atoms with van der Waals surface area (Å²) >= 11 is 5.84. The molecule has 6 heteroatoms. The maximum atomic E-state index is 11.2. The van der Waals surface area contributed by atoms with E-state index in [9.17, 15) is 4.79 Å². The van der Waals surface area contributed by atoms with E-state index in [1.807, 2.05) is 6.92 Å². The molecule has 2 rings (SSSR count). The van der Waals surface area contributed by atoms with Crippen LogP contribution in [0.1, 0.15) is 19.4 Å². The Hall–Kier alpha value is -1.62. The van der Waals surface area contributed by atoms with Gasteiger partial charge in [-0.1, -0.05) is 23.7 Å². The van der Waals surface area contributed by atoms with E-state index in [1.54, 1.807) is 18.2 Å². The van der Waals surface area contributed by atoms with Crippen LogP contribution in [0.25, 0.3) is 11.0 Å². The number of hydrogen-bond acceptors (Lipinski definition) is 3. The van der Waals surface area contributed by atoms with Gasteiger partial charge in [-0.25, -0.2) is 4.68 Å². The van der Waals surface area contributed by atoms with E-state index in [-0.39, 0.29) is 0 Å². The quantitative estimate of drug-likeness (QED) is 0.881. The van der Waals surface area contributed by atoms with Crippen molar-refractivity contribution in [1.82, 2.24) is 15.0 Å². The van der Waals surface area contributed by atoms with Crippen molar-refractivity contribution in [2.45, 2.75) is 19.4 Å². The van der Waals surface area contributed by atoms with E-state index < -0.39 is 11.9 Å². The van der Waals surface area contributed by atoms with Crippen LogP contribution in [0.3, 0.4) is 0 Å². The fraction of sp³-hybridized carbons (Fsp3) is 0.300. The topological polar surface area (TPSA) is 73.8 Å². The van der Waals surface area contributed by atoms with Gasteiger partial charge in [-0.15, -0.1) is 5.10 Å². The van der Waals surface area contributed by atoms with Gasteiger partial charge in [0.05, 0.1) is 5.52 Å². The Morgan fingerprint density at radius 2 is 2.38 bits per heavy atom. The second-order valence-electron chi connectivity index (χ2n) is 3.49. The largest absolute Gasteiger partial charge is 0.368 e. The van der Waals surface area contributed by atoms with Crippen molar-refractivity contribution in [2.24, 2.45) is 5.73 Å². The summed E-state index contributed by atoms with van der Waals surface area (Å²) in [6.45, 7) is 1.87. The van der Waals surface area contributed by atoms with Crippen LogP contribution in [0, 0.1) is 0 Å². The van der Waals surface area contributed by atoms with E-state index in [0.29, 0.717) is 17.0 Å². The van der Waals surface area contributed by atoms with Crippen molar-refractivity contribution < 1.29 is 4.79 Å². The predicted octanol–water partition coefficient (Wildman–Crippen LogP) is 1.52. The molecule has 2 aromatic rings. The van der Waals surface area contributed by atoms with Crippen molar-refractivity contribution in [3.63, 3.8) is 0 Å². The molecule has 1 atom stereocenters. The molecule has 0 aliphatic carbocycles. The van der Waals surface area contributed by atoms with Crippen molar-refractivity contribution in [3.8, 4) is 0 Å². The highest BCUT2D eigenvalue weighted by molar-refractivity contribution is 6.31. The van der Waals surface area contributed by atoms with Crippen LogP contribution in [0.15, 0.2) is 18.2 Å². The smallest absolute Gasteiger partial charge is 0.242 e. The monoisotopic (exact) mass is 238 g/mol. The number of carbonyl (C=O) groups excluding carboxylic acids is 1. The van der Waals surface area contributed by atoms with Gasteiger partial charge in [-0.05, 0) is 24.6 Å². The van der Waals surface area contributed by atoms with E-state index in [0.717, 1.165) is 5.52 Å². The van der Waals surface area contributed by atoms with Gasteiger partial charge in [-0.3, -0.25) is 4.79 Å². The van der Waals surface area contributed by atoms with Crippen LogP contribution in [0.4, 0.5) is 0 Å². The highest BCUT2D eigenvalue weighted by Crippen LogP contribution is 2.20. The number of nitrogens with two attached hydrogens (primary N) is 1. The van der Waals surface area contributed by atoms with Gasteiger partial charge in [0.25, 0.3) is 0 Å². The standard InChI is InChI=1S/C10H11ClN4O/c1-2-8(10(12)16)15-9-4-3-6(11)5-7(9)13-14-15/h3-5,8H,2H2,1H3,(H2,12,16). The van der Waals surface area contributed by atoms with Crippen molar-refractivity contribution in [1.29, 1.82) is 0 Å². The van der Waals surface area contributed by atoms with Crippen LogP contribution in [-0.2, 0) is 4.79 Å². The number of nitrogens with zero attached hydrogens (tertiary/aromatic N) is 3. The SMILES string of the molecule is CCC(C(N)=O)n1nnc2cc(Cl)ccc21. The molecule has 1 amide bonds. The first kappa shape index (κ1) is 10.9. The normalized spacial score (nSPS) is 12.9. The van der Waals surface area contributed by atoms with Gasteiger partial charge in [0.15, 0.2) is 0 Å². The van der Waals surface area contributed by atoms with E-state index in [1.165, 1.54) is 4.68 Å². The predicted molar refractivity (Wildman–Crippen MR) is 61.1 cm³/mol. The summed E-state index contributed by atoms with van der Waals surface area (Å²) < 4.78 is 1.54. The number of amides is 1. The fourth-order valence-corrected chi connectivity index (χ4v) is 1.81. The van der Waals surface area contributed by atoms with Gasteiger partial charge in [0.1, 0.15) is 11.6 Å². The van der Waals surface area contributed by atoms with Crippen LogP contribution in [-0.4, -0.2) is 20.9 Å². The minimum Gasteiger partial charge on any atom is -0.368 e. The minimum atomic E-state index is -0.467. The molecule has 0 radical (unpaired) electrons. The number of fused-ring (bicyclic) bond motifs is 1. The average molecular weight is 239 g/mol. The molecule has 1 aromatic carbocycles. The first-order chi connectivity index (χ1) is 7.63. The summed E-state index contributed by atoms with van der Waals surface area (Å²) in [6, 6.07) is 4.75. The lowest BCUT2D eigenvalue weighted by Gasteiger charge is -2.11. The van der Waals surface area contributed by atoms with Crippen LogP contribution in [0.2, 0.25) is 5.02 Å². The summed E-state index contributed by atoms with van der Waals surface area (Å²) in [5.41, 5.74) is 6.72. The van der Waals surface area contributed by atoms with Crippen LogP contribution < -0.4 is 5.73 Å². The molecule has 0 aliphatic heterocycles. The van der Waals surface area contributed by atoms with Crippen molar-refractivity contribution in [2.75, 3.05) is 0 Å². The van der Waals surface area contributed by atoms with Gasteiger partial charge >= 0.3 is 0 Å². The van der Waals surface area contributed by atoms with Crippen LogP contribution >= 0.6 is 11.6 Å². The Labute approximate surface area is 97.2 Å². The van der Waals surface area contributed by atoms with Gasteiger partial charge in [0, 0.05) is 5.02 Å². The number of aromatic nitrogens is 3. The summed E-state index contributed by atoms with van der Waals surface area (Å²) in [5.74, 6) is -0.413. The highest BCUT2D eigenvalue weighted by Gasteiger charge is 2.18. The first-order valence-corrected chi connectivity index (χ1v) is 5.31. The zero-order valence-electron chi connectivity index (χ0n) is 8.72. The second-order valence-corrected chi connectivity index (χ2v) is 3.93. The third-order valence-electron chi connectivity index (χ3n) is 2.44. The number of primary amides is 1. The lowest BCUT2D eigenvalue weighted by Crippen LogP contribution is -2.26. The number of hydrogen-bond donors (Lipinski definition) is 1. The van der Waals surface area contributed by atoms with E-state index in [2.05, 4.69) is 10.3 Å². The molecule has 1 heterocycles. The van der Waals surface area contributed by atoms with Crippen molar-refractivity contribution >= 4 is 28.5 Å². The van der Waals surface area contributed by atoms with Crippen LogP contribution in [0.5, 0.6) is 0 Å². The number of halogens is 1. The summed E-state index contributed by atoms with van der Waals surface area (Å²) in [6.07, 6.45) is 0.580. The molecule has 1 aromatic heterocycles.